The number of aryl methyl sites for hydroxylation is 1. The molecular formula is C24H33N5O2. The minimum atomic E-state index is -0.324. The number of urea groups is 1. The maximum atomic E-state index is 13.2. The Morgan fingerprint density at radius 2 is 1.65 bits per heavy atom. The summed E-state index contributed by atoms with van der Waals surface area (Å²) in [7, 11) is 1.96. The fourth-order valence-electron chi connectivity index (χ4n) is 3.31. The Bertz CT molecular complexity index is 909. The molecular weight excluding hydrogens is 390 g/mol. The van der Waals surface area contributed by atoms with Gasteiger partial charge in [-0.2, -0.15) is 5.26 Å². The Morgan fingerprint density at radius 1 is 1.03 bits per heavy atom. The van der Waals surface area contributed by atoms with Crippen LogP contribution < -0.4 is 5.32 Å². The van der Waals surface area contributed by atoms with E-state index < -0.39 is 0 Å². The topological polar surface area (TPSA) is 81.4 Å². The second kappa shape index (κ2) is 11.2. The quantitative estimate of drug-likeness (QED) is 0.660. The lowest BCUT2D eigenvalue weighted by Crippen LogP contribution is -2.46. The molecule has 0 spiro atoms. The SMILES string of the molecule is CC(C)CN(Cc1cccn1C)C(=O)CN(CC(C)C)C(=O)Nc1ccc(C#N)cc1. The van der Waals surface area contributed by atoms with Gasteiger partial charge in [0.2, 0.25) is 5.91 Å². The number of nitriles is 1. The number of benzene rings is 1. The first-order valence-corrected chi connectivity index (χ1v) is 10.6. The van der Waals surface area contributed by atoms with Crippen LogP contribution >= 0.6 is 0 Å². The highest BCUT2D eigenvalue weighted by Gasteiger charge is 2.23. The molecule has 166 valence electrons. The van der Waals surface area contributed by atoms with Crippen molar-refractivity contribution < 1.29 is 9.59 Å². The third kappa shape index (κ3) is 7.49. The van der Waals surface area contributed by atoms with Crippen LogP contribution in [0.25, 0.3) is 0 Å². The standard InChI is InChI=1S/C24H33N5O2/c1-18(2)14-28(16-22-7-6-12-27(22)5)23(30)17-29(15-19(3)4)24(31)26-21-10-8-20(13-25)9-11-21/h6-12,18-19H,14-17H2,1-5H3,(H,26,31). The van der Waals surface area contributed by atoms with Crippen molar-refractivity contribution in [3.63, 3.8) is 0 Å². The number of carbonyl (C=O) groups is 2. The van der Waals surface area contributed by atoms with Gasteiger partial charge in [-0.3, -0.25) is 4.79 Å². The van der Waals surface area contributed by atoms with Crippen LogP contribution in [0.3, 0.4) is 0 Å². The van der Waals surface area contributed by atoms with Crippen molar-refractivity contribution in [2.75, 3.05) is 25.0 Å². The highest BCUT2D eigenvalue weighted by Crippen LogP contribution is 2.13. The summed E-state index contributed by atoms with van der Waals surface area (Å²) in [6.07, 6.45) is 1.96. The van der Waals surface area contributed by atoms with Crippen LogP contribution in [-0.2, 0) is 18.4 Å². The van der Waals surface area contributed by atoms with Crippen LogP contribution in [0, 0.1) is 23.2 Å². The van der Waals surface area contributed by atoms with Gasteiger partial charge in [-0.15, -0.1) is 0 Å². The lowest BCUT2D eigenvalue weighted by Gasteiger charge is -2.30. The Balaban J connectivity index is 2.13. The molecule has 31 heavy (non-hydrogen) atoms. The van der Waals surface area contributed by atoms with Crippen molar-refractivity contribution in [1.29, 1.82) is 5.26 Å². The summed E-state index contributed by atoms with van der Waals surface area (Å²) < 4.78 is 2.00. The van der Waals surface area contributed by atoms with Crippen LogP contribution in [0.2, 0.25) is 0 Å². The van der Waals surface area contributed by atoms with E-state index in [2.05, 4.69) is 25.2 Å². The van der Waals surface area contributed by atoms with Crippen LogP contribution in [0.4, 0.5) is 10.5 Å². The van der Waals surface area contributed by atoms with Gasteiger partial charge in [0.25, 0.3) is 0 Å². The predicted octanol–water partition coefficient (Wildman–Crippen LogP) is 4.07. The molecule has 3 amide bonds. The number of anilines is 1. The largest absolute Gasteiger partial charge is 0.353 e. The van der Waals surface area contributed by atoms with E-state index in [1.165, 1.54) is 0 Å². The molecule has 7 heteroatoms. The average Bonchev–Trinajstić information content (AvgIpc) is 3.11. The first kappa shape index (κ1) is 24.0. The van der Waals surface area contributed by atoms with E-state index in [4.69, 9.17) is 5.26 Å². The normalized spacial score (nSPS) is 10.8. The van der Waals surface area contributed by atoms with E-state index in [-0.39, 0.29) is 24.4 Å². The third-order valence-corrected chi connectivity index (χ3v) is 4.81. The molecule has 0 atom stereocenters. The number of amides is 3. The molecule has 2 rings (SSSR count). The van der Waals surface area contributed by atoms with Crippen molar-refractivity contribution in [1.82, 2.24) is 14.4 Å². The lowest BCUT2D eigenvalue weighted by molar-refractivity contribution is -0.133. The molecule has 1 aromatic carbocycles. The van der Waals surface area contributed by atoms with Gasteiger partial charge in [0, 0.05) is 37.7 Å². The van der Waals surface area contributed by atoms with E-state index in [1.807, 2.05) is 48.7 Å². The first-order chi connectivity index (χ1) is 14.7. The zero-order valence-electron chi connectivity index (χ0n) is 19.1. The van der Waals surface area contributed by atoms with Gasteiger partial charge in [0.05, 0.1) is 18.2 Å². The molecule has 2 aromatic rings. The second-order valence-electron chi connectivity index (χ2n) is 8.67. The molecule has 0 bridgehead atoms. The van der Waals surface area contributed by atoms with Crippen molar-refractivity contribution in [3.05, 3.63) is 53.9 Å². The fourth-order valence-corrected chi connectivity index (χ4v) is 3.31. The molecule has 0 aliphatic heterocycles. The van der Waals surface area contributed by atoms with Gasteiger partial charge in [0.15, 0.2) is 0 Å². The third-order valence-electron chi connectivity index (χ3n) is 4.81. The molecule has 0 radical (unpaired) electrons. The molecule has 0 aliphatic rings. The first-order valence-electron chi connectivity index (χ1n) is 10.6. The summed E-state index contributed by atoms with van der Waals surface area (Å²) in [5, 5.41) is 11.8. The fraction of sp³-hybridized carbons (Fsp3) is 0.458. The van der Waals surface area contributed by atoms with Crippen LogP contribution in [-0.4, -0.2) is 45.9 Å². The Labute approximate surface area is 185 Å². The summed E-state index contributed by atoms with van der Waals surface area (Å²) >= 11 is 0. The Hall–Kier alpha value is -3.27. The van der Waals surface area contributed by atoms with Crippen LogP contribution in [0.15, 0.2) is 42.6 Å². The van der Waals surface area contributed by atoms with Gasteiger partial charge in [-0.05, 0) is 48.2 Å². The monoisotopic (exact) mass is 423 g/mol. The molecule has 0 aliphatic carbocycles. The number of rotatable bonds is 9. The molecule has 7 nitrogen and oxygen atoms in total. The van der Waals surface area contributed by atoms with Crippen LogP contribution in [0.1, 0.15) is 39.0 Å². The van der Waals surface area contributed by atoms with Gasteiger partial charge in [-0.25, -0.2) is 4.79 Å². The lowest BCUT2D eigenvalue weighted by atomic mass is 10.2. The number of carbonyl (C=O) groups excluding carboxylic acids is 2. The van der Waals surface area contributed by atoms with Crippen LogP contribution in [0.5, 0.6) is 0 Å². The summed E-state index contributed by atoms with van der Waals surface area (Å²) in [5.74, 6) is 0.451. The molecule has 1 N–H and O–H groups in total. The van der Waals surface area contributed by atoms with E-state index >= 15 is 0 Å². The summed E-state index contributed by atoms with van der Waals surface area (Å²) in [6.45, 7) is 9.79. The second-order valence-corrected chi connectivity index (χ2v) is 8.67. The minimum absolute atomic E-state index is 0.0113. The maximum absolute atomic E-state index is 13.2. The van der Waals surface area contributed by atoms with Gasteiger partial charge in [-0.1, -0.05) is 27.7 Å². The smallest absolute Gasteiger partial charge is 0.322 e. The number of nitrogens with one attached hydrogen (secondary N) is 1. The van der Waals surface area contributed by atoms with Crippen molar-refractivity contribution in [2.24, 2.45) is 18.9 Å². The van der Waals surface area contributed by atoms with E-state index in [1.54, 1.807) is 29.2 Å². The number of aromatic nitrogens is 1. The van der Waals surface area contributed by atoms with E-state index in [0.717, 1.165) is 5.69 Å². The highest BCUT2D eigenvalue weighted by atomic mass is 16.2. The van der Waals surface area contributed by atoms with Gasteiger partial charge in [0.1, 0.15) is 6.54 Å². The molecule has 1 heterocycles. The zero-order valence-corrected chi connectivity index (χ0v) is 19.1. The summed E-state index contributed by atoms with van der Waals surface area (Å²) in [5.41, 5.74) is 2.16. The Kier molecular flexibility index (Phi) is 8.68. The maximum Gasteiger partial charge on any atom is 0.322 e. The van der Waals surface area contributed by atoms with Crippen molar-refractivity contribution in [2.45, 2.75) is 34.2 Å². The predicted molar refractivity (Wildman–Crippen MR) is 122 cm³/mol. The van der Waals surface area contributed by atoms with E-state index in [9.17, 15) is 9.59 Å². The summed E-state index contributed by atoms with van der Waals surface area (Å²) in [6, 6.07) is 12.4. The van der Waals surface area contributed by atoms with Gasteiger partial charge < -0.3 is 19.7 Å². The summed E-state index contributed by atoms with van der Waals surface area (Å²) in [4.78, 5) is 29.5. The van der Waals surface area contributed by atoms with E-state index in [0.29, 0.717) is 36.8 Å². The molecule has 0 fully saturated rings. The zero-order chi connectivity index (χ0) is 23.0. The number of hydrogen-bond donors (Lipinski definition) is 1. The highest BCUT2D eigenvalue weighted by molar-refractivity contribution is 5.92. The molecule has 0 unspecified atom stereocenters. The van der Waals surface area contributed by atoms with Gasteiger partial charge >= 0.3 is 6.03 Å². The molecule has 1 aromatic heterocycles. The number of nitrogens with zero attached hydrogens (tertiary/aromatic N) is 4. The Morgan fingerprint density at radius 3 is 2.16 bits per heavy atom. The minimum Gasteiger partial charge on any atom is -0.353 e. The molecule has 0 saturated carbocycles. The average molecular weight is 424 g/mol. The number of hydrogen-bond acceptors (Lipinski definition) is 3. The van der Waals surface area contributed by atoms with Crippen molar-refractivity contribution >= 4 is 17.6 Å². The van der Waals surface area contributed by atoms with Crippen molar-refractivity contribution in [3.8, 4) is 6.07 Å². The molecule has 0 saturated heterocycles.